The van der Waals surface area contributed by atoms with Gasteiger partial charge in [0.2, 0.25) is 0 Å². The van der Waals surface area contributed by atoms with E-state index in [0.717, 1.165) is 38.3 Å². The standard InChI is InChI=1S/C28H38FN3/c1-21(2)23-8-4-5-9-24(23)26-20-31(19-22-7-3-6-10-25(22)29)17-18-32(26)27-11-12-28(27)13-15-30-16-14-28/h3-10,21,26-27,30H,11-20H2,1-2H3. The number of benzene rings is 2. The van der Waals surface area contributed by atoms with E-state index in [-0.39, 0.29) is 5.82 Å². The average molecular weight is 436 g/mol. The Morgan fingerprint density at radius 2 is 1.75 bits per heavy atom. The predicted molar refractivity (Wildman–Crippen MR) is 129 cm³/mol. The number of piperazine rings is 1. The Bertz CT molecular complexity index is 920. The van der Waals surface area contributed by atoms with Gasteiger partial charge in [-0.1, -0.05) is 56.3 Å². The van der Waals surface area contributed by atoms with Crippen molar-refractivity contribution in [2.75, 3.05) is 32.7 Å². The van der Waals surface area contributed by atoms with E-state index < -0.39 is 0 Å². The Labute approximate surface area is 193 Å². The Morgan fingerprint density at radius 3 is 2.47 bits per heavy atom. The van der Waals surface area contributed by atoms with Gasteiger partial charge < -0.3 is 5.32 Å². The van der Waals surface area contributed by atoms with E-state index in [1.54, 1.807) is 12.1 Å². The summed E-state index contributed by atoms with van der Waals surface area (Å²) in [6.45, 7) is 10.7. The van der Waals surface area contributed by atoms with Crippen LogP contribution in [0.4, 0.5) is 4.39 Å². The first-order valence-corrected chi connectivity index (χ1v) is 12.6. The summed E-state index contributed by atoms with van der Waals surface area (Å²) in [6, 6.07) is 17.4. The molecule has 32 heavy (non-hydrogen) atoms. The fourth-order valence-corrected chi connectivity index (χ4v) is 6.56. The van der Waals surface area contributed by atoms with Crippen molar-refractivity contribution in [2.45, 2.75) is 64.1 Å². The molecule has 2 saturated heterocycles. The smallest absolute Gasteiger partial charge is 0.127 e. The van der Waals surface area contributed by atoms with Crippen molar-refractivity contribution in [3.8, 4) is 0 Å². The summed E-state index contributed by atoms with van der Waals surface area (Å²) < 4.78 is 14.4. The molecule has 2 unspecified atom stereocenters. The van der Waals surface area contributed by atoms with E-state index in [1.807, 2.05) is 12.1 Å². The normalized spacial score (nSPS) is 26.4. The Kier molecular flexibility index (Phi) is 6.37. The molecule has 2 aliphatic heterocycles. The van der Waals surface area contributed by atoms with Crippen LogP contribution in [0.1, 0.15) is 68.2 Å². The molecule has 2 aromatic rings. The molecule has 2 aromatic carbocycles. The van der Waals surface area contributed by atoms with Crippen molar-refractivity contribution in [2.24, 2.45) is 5.41 Å². The molecule has 0 radical (unpaired) electrons. The number of nitrogens with one attached hydrogen (secondary N) is 1. The minimum absolute atomic E-state index is 0.0817. The van der Waals surface area contributed by atoms with Crippen molar-refractivity contribution in [1.29, 1.82) is 0 Å². The van der Waals surface area contributed by atoms with Gasteiger partial charge in [0, 0.05) is 43.8 Å². The van der Waals surface area contributed by atoms with Crippen LogP contribution in [0.2, 0.25) is 0 Å². The Hall–Kier alpha value is -1.75. The third-order valence-corrected chi connectivity index (χ3v) is 8.46. The minimum atomic E-state index is -0.0817. The summed E-state index contributed by atoms with van der Waals surface area (Å²) >= 11 is 0. The van der Waals surface area contributed by atoms with Crippen LogP contribution < -0.4 is 5.32 Å². The SMILES string of the molecule is CC(C)c1ccccc1C1CN(Cc2ccccc2F)CCN1C1CCC12CCNCC2. The van der Waals surface area contributed by atoms with Gasteiger partial charge in [0.25, 0.3) is 0 Å². The summed E-state index contributed by atoms with van der Waals surface area (Å²) in [6.07, 6.45) is 5.33. The first-order chi connectivity index (χ1) is 15.6. The predicted octanol–water partition coefficient (Wildman–Crippen LogP) is 5.34. The highest BCUT2D eigenvalue weighted by Gasteiger charge is 2.51. The lowest BCUT2D eigenvalue weighted by Gasteiger charge is -2.60. The van der Waals surface area contributed by atoms with Crippen LogP contribution in [0, 0.1) is 11.2 Å². The van der Waals surface area contributed by atoms with Crippen LogP contribution in [0.5, 0.6) is 0 Å². The van der Waals surface area contributed by atoms with Crippen molar-refractivity contribution in [3.05, 3.63) is 71.0 Å². The van der Waals surface area contributed by atoms with Gasteiger partial charge in [0.1, 0.15) is 5.82 Å². The second kappa shape index (κ2) is 9.24. The van der Waals surface area contributed by atoms with Gasteiger partial charge in [0.15, 0.2) is 0 Å². The van der Waals surface area contributed by atoms with E-state index in [9.17, 15) is 4.39 Å². The molecule has 1 N–H and O–H groups in total. The zero-order chi connectivity index (χ0) is 22.1. The molecule has 0 bridgehead atoms. The summed E-state index contributed by atoms with van der Waals surface area (Å²) in [4.78, 5) is 5.33. The third kappa shape index (κ3) is 4.13. The molecule has 4 heteroatoms. The maximum atomic E-state index is 14.4. The summed E-state index contributed by atoms with van der Waals surface area (Å²) in [5, 5.41) is 3.58. The van der Waals surface area contributed by atoms with Crippen LogP contribution >= 0.6 is 0 Å². The molecule has 0 aromatic heterocycles. The lowest BCUT2D eigenvalue weighted by molar-refractivity contribution is -0.0906. The summed E-state index contributed by atoms with van der Waals surface area (Å²) in [7, 11) is 0. The first-order valence-electron chi connectivity index (χ1n) is 12.6. The topological polar surface area (TPSA) is 18.5 Å². The van der Waals surface area contributed by atoms with Gasteiger partial charge in [0.05, 0.1) is 0 Å². The molecule has 2 heterocycles. The third-order valence-electron chi connectivity index (χ3n) is 8.46. The molecular weight excluding hydrogens is 397 g/mol. The highest BCUT2D eigenvalue weighted by molar-refractivity contribution is 5.34. The largest absolute Gasteiger partial charge is 0.317 e. The van der Waals surface area contributed by atoms with E-state index in [0.29, 0.717) is 30.0 Å². The molecule has 1 aliphatic carbocycles. The second-order valence-electron chi connectivity index (χ2n) is 10.5. The van der Waals surface area contributed by atoms with Crippen molar-refractivity contribution in [3.63, 3.8) is 0 Å². The van der Waals surface area contributed by atoms with Gasteiger partial charge >= 0.3 is 0 Å². The number of piperidine rings is 1. The van der Waals surface area contributed by atoms with Crippen LogP contribution in [0.15, 0.2) is 48.5 Å². The van der Waals surface area contributed by atoms with Crippen LogP contribution in [0.25, 0.3) is 0 Å². The first kappa shape index (κ1) is 22.1. The van der Waals surface area contributed by atoms with Gasteiger partial charge in [-0.25, -0.2) is 4.39 Å². The van der Waals surface area contributed by atoms with Crippen LogP contribution in [-0.2, 0) is 6.54 Å². The molecule has 172 valence electrons. The van der Waals surface area contributed by atoms with Crippen LogP contribution in [-0.4, -0.2) is 48.6 Å². The Balaban J connectivity index is 1.44. The maximum absolute atomic E-state index is 14.4. The quantitative estimate of drug-likeness (QED) is 0.684. The molecule has 3 nitrogen and oxygen atoms in total. The average Bonchev–Trinajstić information content (AvgIpc) is 2.81. The molecule has 2 atom stereocenters. The van der Waals surface area contributed by atoms with Gasteiger partial charge in [-0.2, -0.15) is 0 Å². The monoisotopic (exact) mass is 435 g/mol. The summed E-state index contributed by atoms with van der Waals surface area (Å²) in [5.74, 6) is 0.422. The molecule has 3 aliphatic rings. The van der Waals surface area contributed by atoms with E-state index >= 15 is 0 Å². The number of nitrogens with zero attached hydrogens (tertiary/aromatic N) is 2. The molecule has 1 spiro atoms. The van der Waals surface area contributed by atoms with Gasteiger partial charge in [-0.05, 0) is 67.3 Å². The fraction of sp³-hybridized carbons (Fsp3) is 0.571. The van der Waals surface area contributed by atoms with E-state index in [1.165, 1.54) is 36.8 Å². The lowest BCUT2D eigenvalue weighted by atomic mass is 9.58. The highest BCUT2D eigenvalue weighted by atomic mass is 19.1. The molecule has 1 saturated carbocycles. The van der Waals surface area contributed by atoms with Crippen molar-refractivity contribution < 1.29 is 4.39 Å². The number of hydrogen-bond acceptors (Lipinski definition) is 3. The van der Waals surface area contributed by atoms with Gasteiger partial charge in [-0.15, -0.1) is 0 Å². The number of hydrogen-bond donors (Lipinski definition) is 1. The zero-order valence-corrected chi connectivity index (χ0v) is 19.7. The number of rotatable bonds is 5. The Morgan fingerprint density at radius 1 is 1.00 bits per heavy atom. The lowest BCUT2D eigenvalue weighted by Crippen LogP contribution is -2.63. The van der Waals surface area contributed by atoms with Crippen LogP contribution in [0.3, 0.4) is 0 Å². The van der Waals surface area contributed by atoms with Crippen molar-refractivity contribution in [1.82, 2.24) is 15.1 Å². The van der Waals surface area contributed by atoms with Crippen molar-refractivity contribution >= 4 is 0 Å². The van der Waals surface area contributed by atoms with E-state index in [2.05, 4.69) is 53.2 Å². The highest BCUT2D eigenvalue weighted by Crippen LogP contribution is 2.53. The summed E-state index contributed by atoms with van der Waals surface area (Å²) in [5.41, 5.74) is 4.27. The van der Waals surface area contributed by atoms with E-state index in [4.69, 9.17) is 0 Å². The minimum Gasteiger partial charge on any atom is -0.317 e. The maximum Gasteiger partial charge on any atom is 0.127 e. The van der Waals surface area contributed by atoms with Gasteiger partial charge in [-0.3, -0.25) is 9.80 Å². The second-order valence-corrected chi connectivity index (χ2v) is 10.5. The molecule has 5 rings (SSSR count). The molecular formula is C28H38FN3. The number of halogens is 1. The molecule has 3 fully saturated rings. The molecule has 0 amide bonds. The zero-order valence-electron chi connectivity index (χ0n) is 19.7. The fourth-order valence-electron chi connectivity index (χ4n) is 6.56.